The molecule has 168 valence electrons. The van der Waals surface area contributed by atoms with Crippen molar-refractivity contribution < 1.29 is 19.4 Å². The molecule has 1 heterocycles. The minimum Gasteiger partial charge on any atom is -0.489 e. The molecule has 0 unspecified atom stereocenters. The van der Waals surface area contributed by atoms with Gasteiger partial charge in [-0.1, -0.05) is 71.8 Å². The van der Waals surface area contributed by atoms with Crippen LogP contribution in [0.3, 0.4) is 0 Å². The van der Waals surface area contributed by atoms with E-state index in [0.717, 1.165) is 24.0 Å². The van der Waals surface area contributed by atoms with E-state index in [2.05, 4.69) is 0 Å². The Kier molecular flexibility index (Phi) is 8.99. The van der Waals surface area contributed by atoms with Crippen molar-refractivity contribution in [1.82, 2.24) is 4.90 Å². The predicted octanol–water partition coefficient (Wildman–Crippen LogP) is 6.42. The molecule has 2 aromatic carbocycles. The third-order valence-electron chi connectivity index (χ3n) is 4.73. The third kappa shape index (κ3) is 6.97. The molecule has 0 saturated carbocycles. The summed E-state index contributed by atoms with van der Waals surface area (Å²) in [7, 11) is 0. The van der Waals surface area contributed by atoms with Gasteiger partial charge in [0.15, 0.2) is 0 Å². The molecule has 1 saturated heterocycles. The van der Waals surface area contributed by atoms with Gasteiger partial charge in [0.25, 0.3) is 5.91 Å². The first-order valence-electron chi connectivity index (χ1n) is 9.97. The van der Waals surface area contributed by atoms with E-state index in [4.69, 9.17) is 45.3 Å². The number of carbonyl (C=O) groups is 2. The van der Waals surface area contributed by atoms with Crippen LogP contribution < -0.4 is 4.74 Å². The topological polar surface area (TPSA) is 66.8 Å². The van der Waals surface area contributed by atoms with E-state index in [9.17, 15) is 9.59 Å². The SMILES string of the molecule is O=C(O)CCCCCN1C(=O)/C(=C/c2ccc(OCc3ccc(Cl)cc3Cl)cc2)SC1=S. The molecular weight excluding hydrogens is 489 g/mol. The Hall–Kier alpha value is -2.06. The summed E-state index contributed by atoms with van der Waals surface area (Å²) in [4.78, 5) is 25.4. The summed E-state index contributed by atoms with van der Waals surface area (Å²) < 4.78 is 6.31. The highest BCUT2D eigenvalue weighted by atomic mass is 35.5. The Morgan fingerprint density at radius 3 is 2.56 bits per heavy atom. The number of thioether (sulfide) groups is 1. The molecule has 0 spiro atoms. The standard InChI is InChI=1S/C23H21Cl2NO4S2/c24-17-8-7-16(19(25)13-17)14-30-18-9-5-15(6-10-18)12-20-22(29)26(23(31)32-20)11-3-1-2-4-21(27)28/h5-10,12-13H,1-4,11,14H2,(H,27,28)/b20-12-. The van der Waals surface area contributed by atoms with Gasteiger partial charge in [0.2, 0.25) is 0 Å². The fourth-order valence-electron chi connectivity index (χ4n) is 3.03. The molecule has 32 heavy (non-hydrogen) atoms. The number of aliphatic carboxylic acids is 1. The number of nitrogens with zero attached hydrogens (tertiary/aromatic N) is 1. The largest absolute Gasteiger partial charge is 0.489 e. The van der Waals surface area contributed by atoms with Crippen LogP contribution >= 0.6 is 47.2 Å². The van der Waals surface area contributed by atoms with Gasteiger partial charge in [0.05, 0.1) is 4.91 Å². The molecule has 0 bridgehead atoms. The lowest BCUT2D eigenvalue weighted by Crippen LogP contribution is -2.29. The molecule has 1 fully saturated rings. The lowest BCUT2D eigenvalue weighted by atomic mass is 10.2. The molecule has 3 rings (SSSR count). The lowest BCUT2D eigenvalue weighted by Gasteiger charge is -2.13. The number of rotatable bonds is 10. The summed E-state index contributed by atoms with van der Waals surface area (Å²) in [5, 5.41) is 9.82. The monoisotopic (exact) mass is 509 g/mol. The van der Waals surface area contributed by atoms with Crippen LogP contribution in [0.5, 0.6) is 5.75 Å². The second-order valence-electron chi connectivity index (χ2n) is 7.13. The molecular formula is C23H21Cl2NO4S2. The van der Waals surface area contributed by atoms with E-state index in [-0.39, 0.29) is 12.3 Å². The average molecular weight is 510 g/mol. The maximum Gasteiger partial charge on any atom is 0.303 e. The van der Waals surface area contributed by atoms with Crippen molar-refractivity contribution in [3.05, 3.63) is 68.5 Å². The van der Waals surface area contributed by atoms with Gasteiger partial charge in [-0.2, -0.15) is 0 Å². The van der Waals surface area contributed by atoms with Crippen LogP contribution in [0.4, 0.5) is 0 Å². The summed E-state index contributed by atoms with van der Waals surface area (Å²) in [6, 6.07) is 12.7. The van der Waals surface area contributed by atoms with Gasteiger partial charge < -0.3 is 9.84 Å². The Bertz CT molecular complexity index is 1040. The Morgan fingerprint density at radius 2 is 1.88 bits per heavy atom. The van der Waals surface area contributed by atoms with Crippen molar-refractivity contribution in [3.8, 4) is 5.75 Å². The highest BCUT2D eigenvalue weighted by Crippen LogP contribution is 2.33. The number of carboxylic acid groups (broad SMARTS) is 1. The fraction of sp³-hybridized carbons (Fsp3) is 0.261. The van der Waals surface area contributed by atoms with Crippen LogP contribution in [0, 0.1) is 0 Å². The maximum atomic E-state index is 12.7. The van der Waals surface area contributed by atoms with Crippen molar-refractivity contribution in [1.29, 1.82) is 0 Å². The normalized spacial score (nSPS) is 14.9. The van der Waals surface area contributed by atoms with Gasteiger partial charge >= 0.3 is 5.97 Å². The zero-order chi connectivity index (χ0) is 23.1. The molecule has 0 aromatic heterocycles. The van der Waals surface area contributed by atoms with Crippen molar-refractivity contribution >= 4 is 69.5 Å². The second kappa shape index (κ2) is 11.7. The van der Waals surface area contributed by atoms with E-state index >= 15 is 0 Å². The molecule has 1 amide bonds. The number of hydrogen-bond acceptors (Lipinski definition) is 5. The molecule has 0 atom stereocenters. The van der Waals surface area contributed by atoms with Gasteiger partial charge in [-0.3, -0.25) is 14.5 Å². The number of carboxylic acids is 1. The Morgan fingerprint density at radius 1 is 1.12 bits per heavy atom. The summed E-state index contributed by atoms with van der Waals surface area (Å²) in [6.45, 7) is 0.822. The van der Waals surface area contributed by atoms with Gasteiger partial charge in [0, 0.05) is 28.6 Å². The van der Waals surface area contributed by atoms with Crippen LogP contribution in [0.2, 0.25) is 10.0 Å². The number of amides is 1. The van der Waals surface area contributed by atoms with Crippen molar-refractivity contribution in [2.24, 2.45) is 0 Å². The summed E-state index contributed by atoms with van der Waals surface area (Å²) >= 11 is 18.7. The first-order chi connectivity index (χ1) is 15.3. The molecule has 0 radical (unpaired) electrons. The number of ether oxygens (including phenoxy) is 1. The number of carbonyl (C=O) groups excluding carboxylic acids is 1. The quantitative estimate of drug-likeness (QED) is 0.226. The average Bonchev–Trinajstić information content (AvgIpc) is 3.01. The molecule has 1 aliphatic rings. The fourth-order valence-corrected chi connectivity index (χ4v) is 4.80. The lowest BCUT2D eigenvalue weighted by molar-refractivity contribution is -0.137. The molecule has 2 aromatic rings. The molecule has 1 N–H and O–H groups in total. The Labute approximate surface area is 206 Å². The molecule has 1 aliphatic heterocycles. The van der Waals surface area contributed by atoms with Gasteiger partial charge in [-0.15, -0.1) is 0 Å². The molecule has 9 heteroatoms. The highest BCUT2D eigenvalue weighted by Gasteiger charge is 2.31. The van der Waals surface area contributed by atoms with Crippen LogP contribution in [0.25, 0.3) is 6.08 Å². The van der Waals surface area contributed by atoms with Crippen molar-refractivity contribution in [2.75, 3.05) is 6.54 Å². The number of halogens is 2. The van der Waals surface area contributed by atoms with E-state index in [0.29, 0.717) is 44.6 Å². The van der Waals surface area contributed by atoms with Crippen molar-refractivity contribution in [3.63, 3.8) is 0 Å². The van der Waals surface area contributed by atoms with E-state index in [1.54, 1.807) is 17.0 Å². The minimum atomic E-state index is -0.802. The first-order valence-corrected chi connectivity index (χ1v) is 12.0. The highest BCUT2D eigenvalue weighted by molar-refractivity contribution is 8.26. The minimum absolute atomic E-state index is 0.115. The summed E-state index contributed by atoms with van der Waals surface area (Å²) in [6.07, 6.45) is 4.01. The van der Waals surface area contributed by atoms with Crippen molar-refractivity contribution in [2.45, 2.75) is 32.3 Å². The van der Waals surface area contributed by atoms with E-state index in [1.807, 2.05) is 36.4 Å². The Balaban J connectivity index is 1.54. The van der Waals surface area contributed by atoms with Gasteiger partial charge in [0.1, 0.15) is 16.7 Å². The number of thiocarbonyl (C=S) groups is 1. The number of hydrogen-bond donors (Lipinski definition) is 1. The molecule has 0 aliphatic carbocycles. The maximum absolute atomic E-state index is 12.7. The second-order valence-corrected chi connectivity index (χ2v) is 9.65. The number of unbranched alkanes of at least 4 members (excludes halogenated alkanes) is 2. The zero-order valence-electron chi connectivity index (χ0n) is 17.1. The summed E-state index contributed by atoms with van der Waals surface area (Å²) in [5.41, 5.74) is 1.70. The van der Waals surface area contributed by atoms with Gasteiger partial charge in [-0.25, -0.2) is 0 Å². The van der Waals surface area contributed by atoms with Crippen LogP contribution in [0.1, 0.15) is 36.8 Å². The molecule has 5 nitrogen and oxygen atoms in total. The van der Waals surface area contributed by atoms with Gasteiger partial charge in [-0.05, 0) is 48.7 Å². The van der Waals surface area contributed by atoms with E-state index < -0.39 is 5.97 Å². The summed E-state index contributed by atoms with van der Waals surface area (Å²) in [5.74, 6) is -0.234. The third-order valence-corrected chi connectivity index (χ3v) is 6.70. The van der Waals surface area contributed by atoms with Crippen LogP contribution in [0.15, 0.2) is 47.4 Å². The first kappa shape index (κ1) is 24.6. The smallest absolute Gasteiger partial charge is 0.303 e. The van der Waals surface area contributed by atoms with Crippen LogP contribution in [-0.4, -0.2) is 32.7 Å². The van der Waals surface area contributed by atoms with E-state index in [1.165, 1.54) is 11.8 Å². The predicted molar refractivity (Wildman–Crippen MR) is 133 cm³/mol. The zero-order valence-corrected chi connectivity index (χ0v) is 20.2. The van der Waals surface area contributed by atoms with Crippen LogP contribution in [-0.2, 0) is 16.2 Å². The number of benzene rings is 2.